The van der Waals surface area contributed by atoms with Gasteiger partial charge in [0.05, 0.1) is 6.54 Å². The van der Waals surface area contributed by atoms with Crippen molar-refractivity contribution in [2.24, 2.45) is 11.8 Å². The Bertz CT molecular complexity index is 358. The van der Waals surface area contributed by atoms with Crippen LogP contribution >= 0.6 is 0 Å². The molecule has 0 bridgehead atoms. The highest BCUT2D eigenvalue weighted by atomic mass is 16.4. The zero-order valence-electron chi connectivity index (χ0n) is 11.4. The highest BCUT2D eigenvalue weighted by molar-refractivity contribution is 5.74. The van der Waals surface area contributed by atoms with E-state index in [1.165, 1.54) is 12.8 Å². The van der Waals surface area contributed by atoms with Gasteiger partial charge in [0.25, 0.3) is 0 Å². The number of amides is 2. The van der Waals surface area contributed by atoms with Crippen LogP contribution in [0.3, 0.4) is 0 Å². The largest absolute Gasteiger partial charge is 0.481 e. The molecule has 19 heavy (non-hydrogen) atoms. The first-order chi connectivity index (χ1) is 9.02. The van der Waals surface area contributed by atoms with Gasteiger partial charge in [0.15, 0.2) is 0 Å². The molecule has 5 heteroatoms. The fourth-order valence-electron chi connectivity index (χ4n) is 1.79. The first-order valence-corrected chi connectivity index (χ1v) is 6.71. The van der Waals surface area contributed by atoms with Gasteiger partial charge in [0.2, 0.25) is 0 Å². The summed E-state index contributed by atoms with van der Waals surface area (Å²) >= 11 is 0. The van der Waals surface area contributed by atoms with Crippen LogP contribution in [0.15, 0.2) is 0 Å². The average molecular weight is 266 g/mol. The van der Waals surface area contributed by atoms with Gasteiger partial charge in [0, 0.05) is 19.5 Å². The van der Waals surface area contributed by atoms with E-state index < -0.39 is 5.97 Å². The predicted molar refractivity (Wildman–Crippen MR) is 72.6 cm³/mol. The second-order valence-corrected chi connectivity index (χ2v) is 5.25. The number of rotatable bonds is 8. The van der Waals surface area contributed by atoms with Crippen LogP contribution in [0.2, 0.25) is 0 Å². The van der Waals surface area contributed by atoms with Gasteiger partial charge in [-0.25, -0.2) is 4.79 Å². The van der Waals surface area contributed by atoms with Crippen LogP contribution in [0.25, 0.3) is 0 Å². The van der Waals surface area contributed by atoms with Crippen molar-refractivity contribution in [3.8, 4) is 12.3 Å². The molecular formula is C14H22N2O3. The lowest BCUT2D eigenvalue weighted by molar-refractivity contribution is -0.137. The minimum atomic E-state index is -0.805. The van der Waals surface area contributed by atoms with Crippen molar-refractivity contribution in [1.29, 1.82) is 0 Å². The van der Waals surface area contributed by atoms with Gasteiger partial charge < -0.3 is 15.3 Å². The Balaban J connectivity index is 2.26. The third kappa shape index (κ3) is 6.70. The zero-order valence-corrected chi connectivity index (χ0v) is 11.4. The van der Waals surface area contributed by atoms with Crippen molar-refractivity contribution >= 4 is 12.0 Å². The summed E-state index contributed by atoms with van der Waals surface area (Å²) in [5, 5.41) is 11.4. The maximum atomic E-state index is 11.9. The lowest BCUT2D eigenvalue weighted by Crippen LogP contribution is -2.42. The summed E-state index contributed by atoms with van der Waals surface area (Å²) in [5.74, 6) is 2.44. The zero-order chi connectivity index (χ0) is 14.3. The van der Waals surface area contributed by atoms with E-state index in [1.54, 1.807) is 4.90 Å². The molecule has 1 fully saturated rings. The topological polar surface area (TPSA) is 69.6 Å². The van der Waals surface area contributed by atoms with Gasteiger partial charge in [0.1, 0.15) is 0 Å². The Hall–Kier alpha value is -1.70. The number of terminal acetylenes is 1. The van der Waals surface area contributed by atoms with E-state index in [0.717, 1.165) is 6.54 Å². The quantitative estimate of drug-likeness (QED) is 0.655. The number of nitrogens with zero attached hydrogens (tertiary/aromatic N) is 1. The molecule has 0 saturated heterocycles. The summed E-state index contributed by atoms with van der Waals surface area (Å²) in [6, 6.07) is -0.146. The molecular weight excluding hydrogens is 244 g/mol. The van der Waals surface area contributed by atoms with Crippen LogP contribution in [0, 0.1) is 24.2 Å². The van der Waals surface area contributed by atoms with E-state index in [0.29, 0.717) is 25.4 Å². The monoisotopic (exact) mass is 266 g/mol. The number of carbonyl (C=O) groups is 2. The van der Waals surface area contributed by atoms with E-state index in [2.05, 4.69) is 11.2 Å². The van der Waals surface area contributed by atoms with E-state index >= 15 is 0 Å². The molecule has 5 nitrogen and oxygen atoms in total. The number of aliphatic carboxylic acids is 1. The maximum Gasteiger partial charge on any atom is 0.318 e. The molecule has 0 aromatic rings. The molecule has 0 aromatic heterocycles. The number of nitrogens with one attached hydrogen (secondary N) is 1. The normalized spacial score (nSPS) is 15.4. The summed E-state index contributed by atoms with van der Waals surface area (Å²) < 4.78 is 0. The van der Waals surface area contributed by atoms with Crippen molar-refractivity contribution < 1.29 is 14.7 Å². The molecule has 2 N–H and O–H groups in total. The van der Waals surface area contributed by atoms with Crippen LogP contribution in [-0.2, 0) is 4.79 Å². The van der Waals surface area contributed by atoms with Gasteiger partial charge >= 0.3 is 12.0 Å². The minimum absolute atomic E-state index is 0.132. The first kappa shape index (κ1) is 15.4. The lowest BCUT2D eigenvalue weighted by Gasteiger charge is -2.21. The van der Waals surface area contributed by atoms with E-state index in [1.807, 2.05) is 6.92 Å². The second kappa shape index (κ2) is 7.67. The Morgan fingerprint density at radius 1 is 1.53 bits per heavy atom. The van der Waals surface area contributed by atoms with Gasteiger partial charge in [-0.2, -0.15) is 0 Å². The fourth-order valence-corrected chi connectivity index (χ4v) is 1.79. The Morgan fingerprint density at radius 2 is 2.21 bits per heavy atom. The summed E-state index contributed by atoms with van der Waals surface area (Å²) in [7, 11) is 0. The Kier molecular flexibility index (Phi) is 6.20. The van der Waals surface area contributed by atoms with Crippen molar-refractivity contribution in [1.82, 2.24) is 10.2 Å². The minimum Gasteiger partial charge on any atom is -0.481 e. The molecule has 1 unspecified atom stereocenters. The molecule has 106 valence electrons. The molecule has 1 rings (SSSR count). The SMILES string of the molecule is C#CCN(CC1CC1)C(=O)NCC(C)CCC(=O)O. The van der Waals surface area contributed by atoms with Gasteiger partial charge in [-0.3, -0.25) is 4.79 Å². The van der Waals surface area contributed by atoms with Crippen LogP contribution in [-0.4, -0.2) is 41.6 Å². The smallest absolute Gasteiger partial charge is 0.318 e. The van der Waals surface area contributed by atoms with Crippen LogP contribution in [0.4, 0.5) is 4.79 Å². The van der Waals surface area contributed by atoms with Gasteiger partial charge in [-0.1, -0.05) is 12.8 Å². The molecule has 0 radical (unpaired) electrons. The number of carbonyl (C=O) groups excluding carboxylic acids is 1. The molecule has 2 amide bonds. The highest BCUT2D eigenvalue weighted by Gasteiger charge is 2.26. The predicted octanol–water partition coefficient (Wildman–Crippen LogP) is 1.54. The lowest BCUT2D eigenvalue weighted by atomic mass is 10.1. The molecule has 0 heterocycles. The summed E-state index contributed by atoms with van der Waals surface area (Å²) in [6.07, 6.45) is 8.30. The van der Waals surface area contributed by atoms with Crippen molar-refractivity contribution in [3.05, 3.63) is 0 Å². The van der Waals surface area contributed by atoms with E-state index in [4.69, 9.17) is 11.5 Å². The van der Waals surface area contributed by atoms with Crippen LogP contribution in [0.5, 0.6) is 0 Å². The third-order valence-electron chi connectivity index (χ3n) is 3.20. The molecule has 0 spiro atoms. The number of carboxylic acid groups (broad SMARTS) is 1. The molecule has 0 aliphatic heterocycles. The number of urea groups is 1. The number of hydrogen-bond acceptors (Lipinski definition) is 2. The Labute approximate surface area is 114 Å². The van der Waals surface area contributed by atoms with Crippen LogP contribution < -0.4 is 5.32 Å². The van der Waals surface area contributed by atoms with Crippen molar-refractivity contribution in [2.45, 2.75) is 32.6 Å². The molecule has 0 aromatic carbocycles. The fraction of sp³-hybridized carbons (Fsp3) is 0.714. The van der Waals surface area contributed by atoms with E-state index in [9.17, 15) is 9.59 Å². The first-order valence-electron chi connectivity index (χ1n) is 6.71. The van der Waals surface area contributed by atoms with E-state index in [-0.39, 0.29) is 18.4 Å². The third-order valence-corrected chi connectivity index (χ3v) is 3.20. The summed E-state index contributed by atoms with van der Waals surface area (Å²) in [6.45, 7) is 3.46. The standard InChI is InChI=1S/C14H22N2O3/c1-3-8-16(10-12-5-6-12)14(19)15-9-11(2)4-7-13(17)18/h1,11-12H,4-10H2,2H3,(H,15,19)(H,17,18). The Morgan fingerprint density at radius 3 is 2.74 bits per heavy atom. The van der Waals surface area contributed by atoms with Gasteiger partial charge in [-0.15, -0.1) is 6.42 Å². The van der Waals surface area contributed by atoms with Crippen molar-refractivity contribution in [3.63, 3.8) is 0 Å². The summed E-state index contributed by atoms with van der Waals surface area (Å²) in [4.78, 5) is 24.0. The highest BCUT2D eigenvalue weighted by Crippen LogP contribution is 2.29. The maximum absolute atomic E-state index is 11.9. The molecule has 1 saturated carbocycles. The average Bonchev–Trinajstić information content (AvgIpc) is 3.16. The summed E-state index contributed by atoms with van der Waals surface area (Å²) in [5.41, 5.74) is 0. The molecule has 1 atom stereocenters. The van der Waals surface area contributed by atoms with Gasteiger partial charge in [-0.05, 0) is 31.1 Å². The van der Waals surface area contributed by atoms with Crippen molar-refractivity contribution in [2.75, 3.05) is 19.6 Å². The molecule has 1 aliphatic carbocycles. The number of carboxylic acids is 1. The van der Waals surface area contributed by atoms with Crippen LogP contribution in [0.1, 0.15) is 32.6 Å². The second-order valence-electron chi connectivity index (χ2n) is 5.25. The number of hydrogen-bond donors (Lipinski definition) is 2. The molecule has 1 aliphatic rings.